The number of hydrogen-bond donors (Lipinski definition) is 0. The first kappa shape index (κ1) is 11.9. The van der Waals surface area contributed by atoms with Crippen molar-refractivity contribution < 1.29 is 24.8 Å². The molecule has 0 aliphatic heterocycles. The van der Waals surface area contributed by atoms with E-state index in [4.69, 9.17) is 4.74 Å². The molecular weight excluding hydrogens is 366 g/mol. The Morgan fingerprint density at radius 3 is 2.73 bits per heavy atom. The van der Waals surface area contributed by atoms with E-state index in [0.717, 1.165) is 17.0 Å². The Labute approximate surface area is 103 Å². The fraction of sp³-hybridized carbons (Fsp3) is 0.0833. The summed E-state index contributed by atoms with van der Waals surface area (Å²) in [6.07, 6.45) is 1.75. The molecule has 2 rings (SSSR count). The number of ether oxygens (including phenoxy) is 1. The molecule has 2 aromatic rings. The molecule has 0 fully saturated rings. The van der Waals surface area contributed by atoms with Crippen LogP contribution in [0.3, 0.4) is 0 Å². The number of pyridine rings is 1. The second-order valence-electron chi connectivity index (χ2n) is 2.83. The largest absolute Gasteiger partial charge is 0.504 e. The summed E-state index contributed by atoms with van der Waals surface area (Å²) in [6.45, 7) is 0. The van der Waals surface area contributed by atoms with Crippen molar-refractivity contribution in [2.75, 3.05) is 7.11 Å². The van der Waals surface area contributed by atoms with Gasteiger partial charge in [0.15, 0.2) is 0 Å². The number of hydrogen-bond acceptors (Lipinski definition) is 2. The molecule has 1 heterocycles. The topological polar surface area (TPSA) is 22.1 Å². The Hall–Kier alpha value is -1.18. The maximum atomic E-state index is 5.22. The van der Waals surface area contributed by atoms with Gasteiger partial charge in [-0.3, -0.25) is 0 Å². The molecule has 0 bridgehead atoms. The SMILES string of the molecule is COc1cccnc1-c1[c-]cccc1.[Ir]. The van der Waals surface area contributed by atoms with Crippen molar-refractivity contribution in [1.29, 1.82) is 0 Å². The maximum Gasteiger partial charge on any atom is 0.103 e. The second kappa shape index (κ2) is 5.64. The van der Waals surface area contributed by atoms with Crippen LogP contribution < -0.4 is 4.74 Å². The number of nitrogens with zero attached hydrogens (tertiary/aromatic N) is 1. The summed E-state index contributed by atoms with van der Waals surface area (Å²) in [6, 6.07) is 14.6. The van der Waals surface area contributed by atoms with Crippen LogP contribution in [-0.2, 0) is 20.1 Å². The smallest absolute Gasteiger partial charge is 0.103 e. The predicted octanol–water partition coefficient (Wildman–Crippen LogP) is 2.55. The fourth-order valence-corrected chi connectivity index (χ4v) is 1.30. The zero-order valence-electron chi connectivity index (χ0n) is 8.23. The monoisotopic (exact) mass is 377 g/mol. The quantitative estimate of drug-likeness (QED) is 0.752. The Balaban J connectivity index is 0.00000112. The third-order valence-corrected chi connectivity index (χ3v) is 1.95. The van der Waals surface area contributed by atoms with Crippen molar-refractivity contribution in [3.63, 3.8) is 0 Å². The van der Waals surface area contributed by atoms with Crippen LogP contribution in [0.1, 0.15) is 0 Å². The number of methoxy groups -OCH3 is 1. The fourth-order valence-electron chi connectivity index (χ4n) is 1.30. The second-order valence-corrected chi connectivity index (χ2v) is 2.83. The van der Waals surface area contributed by atoms with E-state index in [-0.39, 0.29) is 20.1 Å². The van der Waals surface area contributed by atoms with Gasteiger partial charge in [-0.25, -0.2) is 0 Å². The van der Waals surface area contributed by atoms with Gasteiger partial charge < -0.3 is 9.72 Å². The summed E-state index contributed by atoms with van der Waals surface area (Å²) in [5.74, 6) is 0.773. The van der Waals surface area contributed by atoms with Crippen LogP contribution in [0.4, 0.5) is 0 Å². The predicted molar refractivity (Wildman–Crippen MR) is 55.1 cm³/mol. The molecular formula is C12H10IrNO-. The van der Waals surface area contributed by atoms with Gasteiger partial charge in [0.25, 0.3) is 0 Å². The van der Waals surface area contributed by atoms with E-state index >= 15 is 0 Å². The molecule has 1 radical (unpaired) electrons. The Morgan fingerprint density at radius 1 is 1.20 bits per heavy atom. The van der Waals surface area contributed by atoms with E-state index in [1.165, 1.54) is 0 Å². The molecule has 0 aliphatic rings. The Kier molecular flexibility index (Phi) is 4.47. The molecule has 0 unspecified atom stereocenters. The van der Waals surface area contributed by atoms with Crippen LogP contribution in [-0.4, -0.2) is 12.1 Å². The van der Waals surface area contributed by atoms with Crippen molar-refractivity contribution in [3.8, 4) is 17.0 Å². The minimum Gasteiger partial charge on any atom is -0.504 e. The van der Waals surface area contributed by atoms with Crippen molar-refractivity contribution in [2.45, 2.75) is 0 Å². The number of benzene rings is 1. The maximum absolute atomic E-state index is 5.22. The van der Waals surface area contributed by atoms with Gasteiger partial charge in [-0.15, -0.1) is 35.9 Å². The molecule has 15 heavy (non-hydrogen) atoms. The molecule has 3 heteroatoms. The normalized spacial score (nSPS) is 9.13. The van der Waals surface area contributed by atoms with Crippen LogP contribution in [0, 0.1) is 6.07 Å². The van der Waals surface area contributed by atoms with E-state index in [0.29, 0.717) is 0 Å². The van der Waals surface area contributed by atoms with Gasteiger partial charge >= 0.3 is 0 Å². The Bertz CT molecular complexity index is 417. The van der Waals surface area contributed by atoms with Crippen molar-refractivity contribution in [3.05, 3.63) is 48.7 Å². The van der Waals surface area contributed by atoms with E-state index in [1.807, 2.05) is 36.4 Å². The first-order chi connectivity index (χ1) is 6.92. The summed E-state index contributed by atoms with van der Waals surface area (Å²) >= 11 is 0. The summed E-state index contributed by atoms with van der Waals surface area (Å²) in [7, 11) is 1.64. The zero-order chi connectivity index (χ0) is 9.80. The molecule has 0 spiro atoms. The van der Waals surface area contributed by atoms with Crippen LogP contribution >= 0.6 is 0 Å². The van der Waals surface area contributed by atoms with E-state index in [9.17, 15) is 0 Å². The molecule has 79 valence electrons. The van der Waals surface area contributed by atoms with Gasteiger partial charge in [-0.05, 0) is 12.1 Å². The van der Waals surface area contributed by atoms with Crippen LogP contribution in [0.25, 0.3) is 11.3 Å². The summed E-state index contributed by atoms with van der Waals surface area (Å²) < 4.78 is 5.22. The van der Waals surface area contributed by atoms with E-state index in [1.54, 1.807) is 13.3 Å². The average molecular weight is 376 g/mol. The zero-order valence-corrected chi connectivity index (χ0v) is 10.6. The molecule has 0 aliphatic carbocycles. The molecule has 1 aromatic carbocycles. The van der Waals surface area contributed by atoms with Gasteiger partial charge in [0.05, 0.1) is 7.11 Å². The molecule has 2 nitrogen and oxygen atoms in total. The summed E-state index contributed by atoms with van der Waals surface area (Å²) in [4.78, 5) is 4.26. The van der Waals surface area contributed by atoms with Crippen molar-refractivity contribution >= 4 is 0 Å². The number of rotatable bonds is 2. The minimum atomic E-state index is 0. The third-order valence-electron chi connectivity index (χ3n) is 1.95. The van der Waals surface area contributed by atoms with E-state index < -0.39 is 0 Å². The van der Waals surface area contributed by atoms with Gasteiger partial charge in [0.1, 0.15) is 5.75 Å². The van der Waals surface area contributed by atoms with Crippen LogP contribution in [0.15, 0.2) is 42.6 Å². The third kappa shape index (κ3) is 2.64. The first-order valence-electron chi connectivity index (χ1n) is 4.38. The minimum absolute atomic E-state index is 0. The molecule has 0 saturated carbocycles. The van der Waals surface area contributed by atoms with Gasteiger partial charge in [-0.1, -0.05) is 0 Å². The Morgan fingerprint density at radius 2 is 2.07 bits per heavy atom. The summed E-state index contributed by atoms with van der Waals surface area (Å²) in [5, 5.41) is 0. The summed E-state index contributed by atoms with van der Waals surface area (Å²) in [5.41, 5.74) is 1.78. The molecule has 1 aromatic heterocycles. The van der Waals surface area contributed by atoms with Gasteiger partial charge in [0, 0.05) is 32.0 Å². The molecule has 0 N–H and O–H groups in total. The first-order valence-corrected chi connectivity index (χ1v) is 4.38. The molecule has 0 amide bonds. The van der Waals surface area contributed by atoms with E-state index in [2.05, 4.69) is 11.1 Å². The van der Waals surface area contributed by atoms with Crippen LogP contribution in [0.5, 0.6) is 5.75 Å². The van der Waals surface area contributed by atoms with Gasteiger partial charge in [-0.2, -0.15) is 0 Å². The number of aromatic nitrogens is 1. The average Bonchev–Trinajstić information content (AvgIpc) is 2.30. The molecule has 0 atom stereocenters. The van der Waals surface area contributed by atoms with Gasteiger partial charge in [0.2, 0.25) is 0 Å². The van der Waals surface area contributed by atoms with Crippen LogP contribution in [0.2, 0.25) is 0 Å². The standard InChI is InChI=1S/C12H10NO.Ir/c1-14-11-8-5-9-13-12(11)10-6-3-2-4-7-10;/h2-6,8-9H,1H3;/q-1;. The van der Waals surface area contributed by atoms with Crippen molar-refractivity contribution in [1.82, 2.24) is 4.98 Å². The van der Waals surface area contributed by atoms with Crippen molar-refractivity contribution in [2.24, 2.45) is 0 Å². The molecule has 0 saturated heterocycles.